The van der Waals surface area contributed by atoms with E-state index in [-0.39, 0.29) is 0 Å². The Balaban J connectivity index is 3.08. The van der Waals surface area contributed by atoms with E-state index in [0.29, 0.717) is 0 Å². The lowest BCUT2D eigenvalue weighted by molar-refractivity contribution is 1.24. The van der Waals surface area contributed by atoms with Gasteiger partial charge in [-0.2, -0.15) is 0 Å². The van der Waals surface area contributed by atoms with E-state index < -0.39 is 0 Å². The highest BCUT2D eigenvalue weighted by molar-refractivity contribution is 9.10. The number of rotatable bonds is 0. The van der Waals surface area contributed by atoms with Crippen LogP contribution >= 0.6 is 15.9 Å². The van der Waals surface area contributed by atoms with Crippen LogP contribution in [0, 0.1) is 13.1 Å². The Morgan fingerprint density at radius 3 is 2.88 bits per heavy atom. The monoisotopic (exact) mass is 170 g/mol. The van der Waals surface area contributed by atoms with E-state index in [0.717, 1.165) is 10.0 Å². The van der Waals surface area contributed by atoms with Crippen molar-refractivity contribution in [2.24, 2.45) is 0 Å². The lowest BCUT2D eigenvalue weighted by Gasteiger charge is -1.87. The van der Waals surface area contributed by atoms with Crippen molar-refractivity contribution in [1.82, 2.24) is 4.98 Å². The highest BCUT2D eigenvalue weighted by atomic mass is 79.9. The second-order valence-corrected chi connectivity index (χ2v) is 2.50. The van der Waals surface area contributed by atoms with E-state index in [1.807, 2.05) is 13.0 Å². The molecule has 0 fully saturated rings. The van der Waals surface area contributed by atoms with E-state index in [1.165, 1.54) is 0 Å². The second kappa shape index (κ2) is 2.27. The molecule has 8 heavy (non-hydrogen) atoms. The van der Waals surface area contributed by atoms with Crippen molar-refractivity contribution < 1.29 is 0 Å². The SMILES string of the molecule is Cc1[c]ncc(Br)c1. The molecule has 0 aliphatic carbocycles. The molecule has 1 nitrogen and oxygen atoms in total. The summed E-state index contributed by atoms with van der Waals surface area (Å²) in [4.78, 5) is 3.81. The van der Waals surface area contributed by atoms with Crippen molar-refractivity contribution in [1.29, 1.82) is 0 Å². The Morgan fingerprint density at radius 1 is 1.75 bits per heavy atom. The number of aromatic nitrogens is 1. The minimum Gasteiger partial charge on any atom is -0.253 e. The fourth-order valence-electron chi connectivity index (χ4n) is 0.472. The van der Waals surface area contributed by atoms with Crippen LogP contribution in [0.1, 0.15) is 5.56 Å². The number of nitrogens with zero attached hydrogens (tertiary/aromatic N) is 1. The Labute approximate surface area is 56.9 Å². The first-order valence-corrected chi connectivity index (χ1v) is 3.08. The van der Waals surface area contributed by atoms with Crippen LogP contribution in [-0.4, -0.2) is 4.98 Å². The minimum absolute atomic E-state index is 1.01. The smallest absolute Gasteiger partial charge is 0.0918 e. The molecular formula is C6H5BrN. The average molecular weight is 171 g/mol. The molecule has 0 atom stereocenters. The number of hydrogen-bond donors (Lipinski definition) is 0. The van der Waals surface area contributed by atoms with Crippen LogP contribution in [0.5, 0.6) is 0 Å². The fourth-order valence-corrected chi connectivity index (χ4v) is 0.918. The molecule has 0 bridgehead atoms. The molecule has 0 saturated heterocycles. The summed E-state index contributed by atoms with van der Waals surface area (Å²) < 4.78 is 1.01. The van der Waals surface area contributed by atoms with Crippen molar-refractivity contribution in [3.8, 4) is 0 Å². The number of pyridine rings is 1. The maximum absolute atomic E-state index is 3.81. The van der Waals surface area contributed by atoms with Gasteiger partial charge >= 0.3 is 0 Å². The Kier molecular flexibility index (Phi) is 1.63. The van der Waals surface area contributed by atoms with Crippen LogP contribution in [0.25, 0.3) is 0 Å². The van der Waals surface area contributed by atoms with Crippen molar-refractivity contribution in [2.75, 3.05) is 0 Å². The third-order valence-corrected chi connectivity index (χ3v) is 1.22. The third kappa shape index (κ3) is 1.30. The first-order valence-electron chi connectivity index (χ1n) is 2.29. The maximum Gasteiger partial charge on any atom is 0.0918 e. The predicted octanol–water partition coefficient (Wildman–Crippen LogP) is 1.95. The third-order valence-electron chi connectivity index (χ3n) is 0.783. The van der Waals surface area contributed by atoms with Gasteiger partial charge in [0.15, 0.2) is 0 Å². The minimum atomic E-state index is 1.01. The van der Waals surface area contributed by atoms with E-state index in [2.05, 4.69) is 27.1 Å². The Morgan fingerprint density at radius 2 is 2.50 bits per heavy atom. The summed E-state index contributed by atoms with van der Waals surface area (Å²) >= 11 is 3.28. The molecule has 0 spiro atoms. The average Bonchev–Trinajstić information content (AvgIpc) is 1.64. The zero-order chi connectivity index (χ0) is 5.98. The van der Waals surface area contributed by atoms with Gasteiger partial charge in [-0.15, -0.1) is 0 Å². The molecule has 41 valence electrons. The van der Waals surface area contributed by atoms with Crippen LogP contribution in [0.2, 0.25) is 0 Å². The molecule has 0 N–H and O–H groups in total. The molecular weight excluding hydrogens is 166 g/mol. The number of hydrogen-bond acceptors (Lipinski definition) is 1. The Hall–Kier alpha value is -0.370. The van der Waals surface area contributed by atoms with Crippen molar-refractivity contribution in [2.45, 2.75) is 6.92 Å². The molecule has 1 heterocycles. The molecule has 0 aliphatic rings. The molecule has 0 unspecified atom stereocenters. The fraction of sp³-hybridized carbons (Fsp3) is 0.167. The van der Waals surface area contributed by atoms with Crippen LogP contribution in [0.15, 0.2) is 16.7 Å². The van der Waals surface area contributed by atoms with Gasteiger partial charge in [0.25, 0.3) is 0 Å². The van der Waals surface area contributed by atoms with Gasteiger partial charge in [-0.1, -0.05) is 0 Å². The van der Waals surface area contributed by atoms with Crippen molar-refractivity contribution in [3.63, 3.8) is 0 Å². The first-order chi connectivity index (χ1) is 3.79. The van der Waals surface area contributed by atoms with Gasteiger partial charge < -0.3 is 0 Å². The summed E-state index contributed by atoms with van der Waals surface area (Å²) in [6.45, 7) is 1.96. The van der Waals surface area contributed by atoms with Gasteiger partial charge in [-0.3, -0.25) is 4.98 Å². The molecule has 1 radical (unpaired) electrons. The molecule has 0 amide bonds. The predicted molar refractivity (Wildman–Crippen MR) is 35.5 cm³/mol. The zero-order valence-electron chi connectivity index (χ0n) is 4.48. The zero-order valence-corrected chi connectivity index (χ0v) is 6.07. The summed E-state index contributed by atoms with van der Waals surface area (Å²) in [6.07, 6.45) is 4.51. The largest absolute Gasteiger partial charge is 0.253 e. The van der Waals surface area contributed by atoms with E-state index in [1.54, 1.807) is 6.20 Å². The molecule has 0 aliphatic heterocycles. The van der Waals surface area contributed by atoms with Gasteiger partial charge in [0.1, 0.15) is 0 Å². The van der Waals surface area contributed by atoms with Gasteiger partial charge in [0.05, 0.1) is 6.20 Å². The molecule has 1 rings (SSSR count). The lowest BCUT2D eigenvalue weighted by atomic mass is 10.3. The molecule has 0 saturated carbocycles. The normalized spacial score (nSPS) is 9.25. The van der Waals surface area contributed by atoms with Gasteiger partial charge in [-0.05, 0) is 34.5 Å². The highest BCUT2D eigenvalue weighted by Crippen LogP contribution is 2.06. The molecule has 0 aromatic carbocycles. The lowest BCUT2D eigenvalue weighted by Crippen LogP contribution is -1.74. The quantitative estimate of drug-likeness (QED) is 0.581. The van der Waals surface area contributed by atoms with E-state index in [9.17, 15) is 0 Å². The topological polar surface area (TPSA) is 12.9 Å². The summed E-state index contributed by atoms with van der Waals surface area (Å²) in [5.74, 6) is 0. The molecule has 1 aromatic rings. The van der Waals surface area contributed by atoms with E-state index >= 15 is 0 Å². The van der Waals surface area contributed by atoms with Crippen molar-refractivity contribution >= 4 is 15.9 Å². The number of aryl methyl sites for hydroxylation is 1. The summed E-state index contributed by atoms with van der Waals surface area (Å²) in [7, 11) is 0. The molecule has 1 aromatic heterocycles. The first kappa shape index (κ1) is 5.76. The maximum atomic E-state index is 3.81. The highest BCUT2D eigenvalue weighted by Gasteiger charge is 1.84. The van der Waals surface area contributed by atoms with Crippen LogP contribution in [-0.2, 0) is 0 Å². The second-order valence-electron chi connectivity index (χ2n) is 1.58. The summed E-state index contributed by atoms with van der Waals surface area (Å²) in [5, 5.41) is 0. The van der Waals surface area contributed by atoms with Gasteiger partial charge in [-0.25, -0.2) is 0 Å². The summed E-state index contributed by atoms with van der Waals surface area (Å²) in [6, 6.07) is 1.97. The molecule has 2 heteroatoms. The van der Waals surface area contributed by atoms with Crippen LogP contribution in [0.3, 0.4) is 0 Å². The van der Waals surface area contributed by atoms with Crippen LogP contribution < -0.4 is 0 Å². The van der Waals surface area contributed by atoms with Gasteiger partial charge in [0.2, 0.25) is 0 Å². The van der Waals surface area contributed by atoms with E-state index in [4.69, 9.17) is 0 Å². The van der Waals surface area contributed by atoms with Crippen molar-refractivity contribution in [3.05, 3.63) is 28.5 Å². The number of halogens is 1. The standard InChI is InChI=1S/C6H5BrN/c1-5-2-6(7)4-8-3-5/h2,4H,1H3. The van der Waals surface area contributed by atoms with Gasteiger partial charge in [0, 0.05) is 10.7 Å². The Bertz CT molecular complexity index is 168. The summed E-state index contributed by atoms with van der Waals surface area (Å²) in [5.41, 5.74) is 1.05. The van der Waals surface area contributed by atoms with Crippen LogP contribution in [0.4, 0.5) is 0 Å².